The molecule has 0 aliphatic rings. The summed E-state index contributed by atoms with van der Waals surface area (Å²) in [6.07, 6.45) is 22.6. The van der Waals surface area contributed by atoms with Crippen LogP contribution in [0, 0.1) is 11.3 Å². The Kier molecular flexibility index (Phi) is 14.9. The van der Waals surface area contributed by atoms with Gasteiger partial charge in [-0.15, -0.1) is 0 Å². The first-order chi connectivity index (χ1) is 12.2. The predicted octanol–water partition coefficient (Wildman–Crippen LogP) is 8.68. The highest BCUT2D eigenvalue weighted by Crippen LogP contribution is 2.40. The lowest BCUT2D eigenvalue weighted by Gasteiger charge is -2.42. The van der Waals surface area contributed by atoms with Crippen molar-refractivity contribution >= 4 is 0 Å². The van der Waals surface area contributed by atoms with Crippen molar-refractivity contribution in [1.29, 1.82) is 0 Å². The highest BCUT2D eigenvalue weighted by molar-refractivity contribution is 4.89. The summed E-state index contributed by atoms with van der Waals surface area (Å²) in [5, 5.41) is 10.3. The molecule has 0 rings (SSSR count). The van der Waals surface area contributed by atoms with Crippen LogP contribution in [0.1, 0.15) is 144 Å². The van der Waals surface area contributed by atoms with Crippen LogP contribution in [0.5, 0.6) is 0 Å². The van der Waals surface area contributed by atoms with E-state index in [0.717, 1.165) is 0 Å². The molecule has 1 nitrogen and oxygen atoms in total. The van der Waals surface area contributed by atoms with Crippen LogP contribution in [-0.2, 0) is 0 Å². The van der Waals surface area contributed by atoms with E-state index in [0.29, 0.717) is 5.92 Å². The first-order valence-electron chi connectivity index (χ1n) is 12.0. The van der Waals surface area contributed by atoms with Crippen LogP contribution in [0.2, 0.25) is 0 Å². The van der Waals surface area contributed by atoms with Gasteiger partial charge in [0.15, 0.2) is 0 Å². The predicted molar refractivity (Wildman–Crippen MR) is 119 cm³/mol. The fraction of sp³-hybridized carbons (Fsp3) is 1.00. The fourth-order valence-corrected chi connectivity index (χ4v) is 3.79. The van der Waals surface area contributed by atoms with Crippen LogP contribution in [0.25, 0.3) is 0 Å². The zero-order valence-electron chi connectivity index (χ0n) is 19.3. The number of rotatable bonds is 18. The minimum absolute atomic E-state index is 0.0109. The number of aliphatic hydroxyl groups is 1. The second kappa shape index (κ2) is 14.9. The van der Waals surface area contributed by atoms with Crippen molar-refractivity contribution in [3.8, 4) is 0 Å². The zero-order chi connectivity index (χ0) is 19.9. The van der Waals surface area contributed by atoms with Gasteiger partial charge < -0.3 is 5.11 Å². The molecule has 0 saturated carbocycles. The van der Waals surface area contributed by atoms with Gasteiger partial charge in [0.05, 0.1) is 5.60 Å². The van der Waals surface area contributed by atoms with Gasteiger partial charge in [-0.05, 0) is 25.2 Å². The Hall–Kier alpha value is -0.0400. The highest BCUT2D eigenvalue weighted by Gasteiger charge is 2.39. The molecule has 0 aromatic rings. The van der Waals surface area contributed by atoms with Gasteiger partial charge in [0.1, 0.15) is 0 Å². The largest absolute Gasteiger partial charge is 0.390 e. The van der Waals surface area contributed by atoms with Crippen molar-refractivity contribution in [2.24, 2.45) is 11.3 Å². The summed E-state index contributed by atoms with van der Waals surface area (Å²) in [7, 11) is 0. The SMILES string of the molecule is CCCCCCCCCCCCCCCCCC(C)C(C)(C)C(C)(C)O. The Balaban J connectivity index is 3.37. The standard InChI is InChI=1S/C25H52O/c1-7-8-9-10-11-12-13-14-15-16-17-18-19-20-21-22-23(2)24(3,4)25(5,6)26/h23,26H,7-22H2,1-6H3. The van der Waals surface area contributed by atoms with E-state index in [1.54, 1.807) is 0 Å². The molecular weight excluding hydrogens is 316 g/mol. The van der Waals surface area contributed by atoms with Crippen molar-refractivity contribution in [2.45, 2.75) is 150 Å². The van der Waals surface area contributed by atoms with Crippen molar-refractivity contribution in [2.75, 3.05) is 0 Å². The van der Waals surface area contributed by atoms with E-state index >= 15 is 0 Å². The van der Waals surface area contributed by atoms with Crippen LogP contribution in [0.3, 0.4) is 0 Å². The highest BCUT2D eigenvalue weighted by atomic mass is 16.3. The van der Waals surface area contributed by atoms with Crippen LogP contribution in [0.4, 0.5) is 0 Å². The van der Waals surface area contributed by atoms with Gasteiger partial charge in [0.25, 0.3) is 0 Å². The maximum Gasteiger partial charge on any atom is 0.0644 e. The van der Waals surface area contributed by atoms with Crippen molar-refractivity contribution < 1.29 is 5.11 Å². The molecular formula is C25H52O. The van der Waals surface area contributed by atoms with E-state index in [1.165, 1.54) is 103 Å². The second-order valence-electron chi connectivity index (χ2n) is 9.92. The molecule has 0 saturated heterocycles. The molecule has 26 heavy (non-hydrogen) atoms. The Morgan fingerprint density at radius 1 is 0.577 bits per heavy atom. The Labute approximate surface area is 166 Å². The summed E-state index contributed by atoms with van der Waals surface area (Å²) in [4.78, 5) is 0. The van der Waals surface area contributed by atoms with E-state index in [1.807, 2.05) is 13.8 Å². The first-order valence-corrected chi connectivity index (χ1v) is 12.0. The molecule has 1 N–H and O–H groups in total. The minimum Gasteiger partial charge on any atom is -0.390 e. The molecule has 0 amide bonds. The minimum atomic E-state index is -0.595. The van der Waals surface area contributed by atoms with E-state index in [-0.39, 0.29) is 5.41 Å². The molecule has 0 fully saturated rings. The average molecular weight is 369 g/mol. The summed E-state index contributed by atoms with van der Waals surface area (Å²) < 4.78 is 0. The molecule has 0 spiro atoms. The normalized spacial score (nSPS) is 14.0. The summed E-state index contributed by atoms with van der Waals surface area (Å²) >= 11 is 0. The molecule has 0 radical (unpaired) electrons. The van der Waals surface area contributed by atoms with Gasteiger partial charge >= 0.3 is 0 Å². The molecule has 0 bridgehead atoms. The first kappa shape index (κ1) is 26.0. The van der Waals surface area contributed by atoms with Gasteiger partial charge in [0.2, 0.25) is 0 Å². The fourth-order valence-electron chi connectivity index (χ4n) is 3.79. The van der Waals surface area contributed by atoms with E-state index in [4.69, 9.17) is 0 Å². The number of hydrogen-bond donors (Lipinski definition) is 1. The quantitative estimate of drug-likeness (QED) is 0.240. The molecule has 1 unspecified atom stereocenters. The number of hydrogen-bond acceptors (Lipinski definition) is 1. The van der Waals surface area contributed by atoms with Crippen molar-refractivity contribution in [1.82, 2.24) is 0 Å². The average Bonchev–Trinajstić information content (AvgIpc) is 2.57. The van der Waals surface area contributed by atoms with Gasteiger partial charge in [-0.2, -0.15) is 0 Å². The molecule has 0 aromatic heterocycles. The molecule has 1 atom stereocenters. The summed E-state index contributed by atoms with van der Waals surface area (Å²) in [5.74, 6) is 0.574. The molecule has 0 heterocycles. The Morgan fingerprint density at radius 2 is 0.885 bits per heavy atom. The van der Waals surface area contributed by atoms with E-state index < -0.39 is 5.60 Å². The lowest BCUT2D eigenvalue weighted by molar-refractivity contribution is -0.0667. The molecule has 158 valence electrons. The summed E-state index contributed by atoms with van der Waals surface area (Å²) in [5.41, 5.74) is -0.606. The van der Waals surface area contributed by atoms with Crippen molar-refractivity contribution in [3.63, 3.8) is 0 Å². The maximum atomic E-state index is 10.3. The molecule has 0 aromatic carbocycles. The summed E-state index contributed by atoms with van der Waals surface area (Å²) in [6, 6.07) is 0. The van der Waals surface area contributed by atoms with E-state index in [2.05, 4.69) is 27.7 Å². The third kappa shape index (κ3) is 12.4. The Morgan fingerprint density at radius 3 is 1.19 bits per heavy atom. The van der Waals surface area contributed by atoms with Crippen LogP contribution in [0.15, 0.2) is 0 Å². The van der Waals surface area contributed by atoms with Crippen LogP contribution >= 0.6 is 0 Å². The van der Waals surface area contributed by atoms with Gasteiger partial charge in [0, 0.05) is 0 Å². The third-order valence-corrected chi connectivity index (χ3v) is 7.05. The van der Waals surface area contributed by atoms with E-state index in [9.17, 15) is 5.11 Å². The molecule has 1 heteroatoms. The zero-order valence-corrected chi connectivity index (χ0v) is 19.3. The van der Waals surface area contributed by atoms with Crippen molar-refractivity contribution in [3.05, 3.63) is 0 Å². The maximum absolute atomic E-state index is 10.3. The smallest absolute Gasteiger partial charge is 0.0644 e. The van der Waals surface area contributed by atoms with Crippen LogP contribution < -0.4 is 0 Å². The third-order valence-electron chi connectivity index (χ3n) is 7.05. The lowest BCUT2D eigenvalue weighted by atomic mass is 9.67. The number of unbranched alkanes of at least 4 members (excludes halogenated alkanes) is 14. The lowest BCUT2D eigenvalue weighted by Crippen LogP contribution is -2.43. The molecule has 0 aliphatic carbocycles. The van der Waals surface area contributed by atoms with Gasteiger partial charge in [-0.3, -0.25) is 0 Å². The van der Waals surface area contributed by atoms with Gasteiger partial charge in [-0.25, -0.2) is 0 Å². The second-order valence-corrected chi connectivity index (χ2v) is 9.92. The molecule has 0 aliphatic heterocycles. The monoisotopic (exact) mass is 368 g/mol. The topological polar surface area (TPSA) is 20.2 Å². The summed E-state index contributed by atoms with van der Waals surface area (Å²) in [6.45, 7) is 12.9. The van der Waals surface area contributed by atoms with Crippen LogP contribution in [-0.4, -0.2) is 10.7 Å². The Bertz CT molecular complexity index is 300. The van der Waals surface area contributed by atoms with Gasteiger partial charge in [-0.1, -0.05) is 130 Å².